The first-order valence-electron chi connectivity index (χ1n) is 7.29. The van der Waals surface area contributed by atoms with E-state index in [-0.39, 0.29) is 11.3 Å². The summed E-state index contributed by atoms with van der Waals surface area (Å²) < 4.78 is 7.72. The molecular formula is C18H18N2OS. The Morgan fingerprint density at radius 2 is 1.50 bits per heavy atom. The van der Waals surface area contributed by atoms with Crippen molar-refractivity contribution in [2.75, 3.05) is 0 Å². The van der Waals surface area contributed by atoms with Crippen molar-refractivity contribution in [3.8, 4) is 0 Å². The van der Waals surface area contributed by atoms with E-state index in [0.29, 0.717) is 0 Å². The first-order valence-corrected chi connectivity index (χ1v) is 7.70. The number of hydrogen-bond donors (Lipinski definition) is 0. The second-order valence-corrected chi connectivity index (χ2v) is 5.84. The highest BCUT2D eigenvalue weighted by Crippen LogP contribution is 2.17. The molecule has 1 aromatic heterocycles. The van der Waals surface area contributed by atoms with Crippen molar-refractivity contribution in [1.29, 1.82) is 0 Å². The molecule has 0 unspecified atom stereocenters. The zero-order chi connectivity index (χ0) is 15.7. The Kier molecular flexibility index (Phi) is 3.94. The third-order valence-electron chi connectivity index (χ3n) is 3.58. The van der Waals surface area contributed by atoms with Gasteiger partial charge in [0.2, 0.25) is 0 Å². The number of aromatic nitrogens is 1. The van der Waals surface area contributed by atoms with Gasteiger partial charge in [-0.25, -0.2) is 4.99 Å². The number of ether oxygens (including phenoxy) is 1. The van der Waals surface area contributed by atoms with E-state index in [4.69, 9.17) is 17.0 Å². The Labute approximate surface area is 134 Å². The molecule has 1 heterocycles. The predicted molar refractivity (Wildman–Crippen MR) is 94.8 cm³/mol. The average molecular weight is 310 g/mol. The number of fused-ring (bicyclic) bond motifs is 2. The Bertz CT molecular complexity index is 865. The first kappa shape index (κ1) is 14.7. The average Bonchev–Trinajstić information content (AvgIpc) is 2.51. The maximum absolute atomic E-state index is 5.54. The topological polar surface area (TPSA) is 26.5 Å². The van der Waals surface area contributed by atoms with Crippen LogP contribution in [0.1, 0.15) is 13.8 Å². The van der Waals surface area contributed by atoms with Gasteiger partial charge in [0.05, 0.1) is 22.5 Å². The molecule has 0 amide bonds. The van der Waals surface area contributed by atoms with Crippen LogP contribution >= 0.6 is 12.2 Å². The second kappa shape index (κ2) is 5.89. The van der Waals surface area contributed by atoms with E-state index in [9.17, 15) is 0 Å². The molecule has 112 valence electrons. The van der Waals surface area contributed by atoms with Gasteiger partial charge in [-0.1, -0.05) is 36.4 Å². The fourth-order valence-corrected chi connectivity index (χ4v) is 2.93. The molecule has 0 bridgehead atoms. The summed E-state index contributed by atoms with van der Waals surface area (Å²) in [6.45, 7) is 3.89. The highest BCUT2D eigenvalue weighted by atomic mass is 32.1. The summed E-state index contributed by atoms with van der Waals surface area (Å²) in [4.78, 5) is 4.59. The van der Waals surface area contributed by atoms with Crippen LogP contribution in [0.2, 0.25) is 0 Å². The minimum atomic E-state index is 0.0219. The van der Waals surface area contributed by atoms with Gasteiger partial charge in [0, 0.05) is 17.8 Å². The summed E-state index contributed by atoms with van der Waals surface area (Å²) in [5.41, 5.74) is 2.24. The number of hydrogen-bond acceptors (Lipinski definition) is 2. The number of thiocarbonyl (C=S) groups is 1. The van der Waals surface area contributed by atoms with Crippen molar-refractivity contribution in [2.45, 2.75) is 20.0 Å². The SMILES string of the molecule is CC(C)OC(=S)N=c1c2ccccc2n(C)c2ccccc12. The Morgan fingerprint density at radius 1 is 1.00 bits per heavy atom. The molecule has 0 aliphatic carbocycles. The predicted octanol–water partition coefficient (Wildman–Crippen LogP) is 3.94. The first-order chi connectivity index (χ1) is 10.6. The van der Waals surface area contributed by atoms with E-state index in [2.05, 4.69) is 40.9 Å². The molecule has 22 heavy (non-hydrogen) atoms. The van der Waals surface area contributed by atoms with Gasteiger partial charge in [0.15, 0.2) is 0 Å². The van der Waals surface area contributed by atoms with E-state index >= 15 is 0 Å². The van der Waals surface area contributed by atoms with Gasteiger partial charge in [0.25, 0.3) is 5.17 Å². The molecule has 0 N–H and O–H groups in total. The van der Waals surface area contributed by atoms with Gasteiger partial charge in [0.1, 0.15) is 0 Å². The van der Waals surface area contributed by atoms with Crippen molar-refractivity contribution in [3.05, 3.63) is 53.9 Å². The Hall–Kier alpha value is -2.20. The molecule has 0 saturated carbocycles. The summed E-state index contributed by atoms with van der Waals surface area (Å²) in [6, 6.07) is 16.4. The molecule has 0 atom stereocenters. The zero-order valence-electron chi connectivity index (χ0n) is 12.9. The van der Waals surface area contributed by atoms with Crippen LogP contribution in [0.15, 0.2) is 53.5 Å². The van der Waals surface area contributed by atoms with Gasteiger partial charge in [-0.2, -0.15) is 0 Å². The number of benzene rings is 2. The fourth-order valence-electron chi connectivity index (χ4n) is 2.65. The Morgan fingerprint density at radius 3 is 2.00 bits per heavy atom. The summed E-state index contributed by atoms with van der Waals surface area (Å²) >= 11 is 5.28. The van der Waals surface area contributed by atoms with E-state index in [1.807, 2.05) is 38.1 Å². The maximum Gasteiger partial charge on any atom is 0.284 e. The zero-order valence-corrected chi connectivity index (χ0v) is 13.7. The molecule has 0 fully saturated rings. The van der Waals surface area contributed by atoms with Crippen LogP contribution in [0.3, 0.4) is 0 Å². The number of nitrogens with zero attached hydrogens (tertiary/aromatic N) is 2. The molecule has 4 heteroatoms. The lowest BCUT2D eigenvalue weighted by Crippen LogP contribution is -2.15. The van der Waals surface area contributed by atoms with Gasteiger partial charge < -0.3 is 9.30 Å². The van der Waals surface area contributed by atoms with Crippen molar-refractivity contribution in [3.63, 3.8) is 0 Å². The normalized spacial score (nSPS) is 11.1. The molecule has 0 saturated heterocycles. The molecule has 3 aromatic rings. The second-order valence-electron chi connectivity index (χ2n) is 5.49. The van der Waals surface area contributed by atoms with E-state index < -0.39 is 0 Å². The summed E-state index contributed by atoms with van der Waals surface area (Å²) in [5, 5.41) is 3.28. The maximum atomic E-state index is 5.54. The minimum absolute atomic E-state index is 0.0219. The number of rotatable bonds is 1. The number of para-hydroxylation sites is 2. The molecule has 2 aromatic carbocycles. The lowest BCUT2D eigenvalue weighted by Gasteiger charge is -2.12. The van der Waals surface area contributed by atoms with Crippen LogP contribution < -0.4 is 5.36 Å². The van der Waals surface area contributed by atoms with Crippen LogP contribution in [0.4, 0.5) is 0 Å². The lowest BCUT2D eigenvalue weighted by molar-refractivity contribution is 0.231. The van der Waals surface area contributed by atoms with E-state index in [0.717, 1.165) is 27.2 Å². The molecular weight excluding hydrogens is 292 g/mol. The lowest BCUT2D eigenvalue weighted by atomic mass is 10.1. The van der Waals surface area contributed by atoms with Crippen molar-refractivity contribution >= 4 is 39.2 Å². The number of pyridine rings is 1. The smallest absolute Gasteiger partial charge is 0.284 e. The van der Waals surface area contributed by atoms with Crippen LogP contribution in [0.5, 0.6) is 0 Å². The highest BCUT2D eigenvalue weighted by Gasteiger charge is 2.07. The quantitative estimate of drug-likeness (QED) is 0.503. The van der Waals surface area contributed by atoms with E-state index in [1.54, 1.807) is 0 Å². The summed E-state index contributed by atoms with van der Waals surface area (Å²) in [6.07, 6.45) is 0.0219. The van der Waals surface area contributed by atoms with Gasteiger partial charge in [-0.15, -0.1) is 0 Å². The monoisotopic (exact) mass is 310 g/mol. The molecule has 3 rings (SSSR count). The summed E-state index contributed by atoms with van der Waals surface area (Å²) in [5.74, 6) is 0. The highest BCUT2D eigenvalue weighted by molar-refractivity contribution is 7.80. The van der Waals surface area contributed by atoms with Crippen molar-refractivity contribution in [1.82, 2.24) is 4.57 Å². The largest absolute Gasteiger partial charge is 0.467 e. The molecule has 0 aliphatic rings. The van der Waals surface area contributed by atoms with Crippen LogP contribution in [-0.4, -0.2) is 15.8 Å². The van der Waals surface area contributed by atoms with Gasteiger partial charge >= 0.3 is 0 Å². The van der Waals surface area contributed by atoms with Crippen LogP contribution in [0, 0.1) is 0 Å². The third kappa shape index (κ3) is 2.62. The molecule has 0 aliphatic heterocycles. The third-order valence-corrected chi connectivity index (χ3v) is 3.77. The standard InChI is InChI=1S/C18H18N2OS/c1-12(2)21-18(22)19-17-13-8-4-6-10-15(13)20(3)16-11-7-5-9-14(16)17/h4-12H,1-3H3. The summed E-state index contributed by atoms with van der Waals surface area (Å²) in [7, 11) is 2.07. The van der Waals surface area contributed by atoms with Gasteiger partial charge in [-0.05, 0) is 38.2 Å². The minimum Gasteiger partial charge on any atom is -0.467 e. The van der Waals surface area contributed by atoms with Gasteiger partial charge in [-0.3, -0.25) is 0 Å². The van der Waals surface area contributed by atoms with Crippen LogP contribution in [0.25, 0.3) is 21.8 Å². The molecule has 3 nitrogen and oxygen atoms in total. The fraction of sp³-hybridized carbons (Fsp3) is 0.222. The molecule has 0 spiro atoms. The number of aryl methyl sites for hydroxylation is 1. The van der Waals surface area contributed by atoms with E-state index in [1.165, 1.54) is 0 Å². The van der Waals surface area contributed by atoms with Crippen molar-refractivity contribution < 1.29 is 4.74 Å². The van der Waals surface area contributed by atoms with Crippen LogP contribution in [-0.2, 0) is 11.8 Å². The van der Waals surface area contributed by atoms with Crippen molar-refractivity contribution in [2.24, 2.45) is 12.0 Å². The Balaban J connectivity index is 2.42. The molecule has 0 radical (unpaired) electrons.